The van der Waals surface area contributed by atoms with Crippen molar-refractivity contribution in [3.63, 3.8) is 0 Å². The largest absolute Gasteiger partial charge is 0.461 e. The highest BCUT2D eigenvalue weighted by Gasteiger charge is 2.46. The van der Waals surface area contributed by atoms with Crippen molar-refractivity contribution in [2.24, 2.45) is 5.16 Å². The van der Waals surface area contributed by atoms with Gasteiger partial charge >= 0.3 is 5.97 Å². The Balaban J connectivity index is 2.91. The first-order valence-electron chi connectivity index (χ1n) is 4.82. The van der Waals surface area contributed by atoms with E-state index in [0.717, 1.165) is 0 Å². The first-order chi connectivity index (χ1) is 7.70. The van der Waals surface area contributed by atoms with E-state index in [1.165, 1.54) is 7.11 Å². The Morgan fingerprint density at radius 3 is 2.56 bits per heavy atom. The fraction of sp³-hybridized carbons (Fsp3) is 0.778. The molecule has 0 N–H and O–H groups in total. The summed E-state index contributed by atoms with van der Waals surface area (Å²) in [7, 11) is 1.34. The minimum Gasteiger partial charge on any atom is -0.461 e. The lowest BCUT2D eigenvalue weighted by Crippen LogP contribution is -2.46. The first kappa shape index (κ1) is 13.4. The van der Waals surface area contributed by atoms with Crippen LogP contribution in [0.2, 0.25) is 0 Å². The summed E-state index contributed by atoms with van der Waals surface area (Å²) in [6.07, 6.45) is 0. The van der Waals surface area contributed by atoms with Crippen molar-refractivity contribution >= 4 is 27.6 Å². The van der Waals surface area contributed by atoms with Gasteiger partial charge in [0.15, 0.2) is 0 Å². The quantitative estimate of drug-likeness (QED) is 0.323. The van der Waals surface area contributed by atoms with Crippen LogP contribution in [0.25, 0.3) is 0 Å². The van der Waals surface area contributed by atoms with Gasteiger partial charge in [0, 0.05) is 0 Å². The van der Waals surface area contributed by atoms with Crippen LogP contribution in [0.15, 0.2) is 5.16 Å². The van der Waals surface area contributed by atoms with Crippen LogP contribution in [0.1, 0.15) is 6.92 Å². The van der Waals surface area contributed by atoms with Gasteiger partial charge < -0.3 is 19.0 Å². The van der Waals surface area contributed by atoms with Crippen LogP contribution in [-0.4, -0.2) is 49.7 Å². The molecule has 7 heteroatoms. The molecule has 0 saturated carbocycles. The summed E-state index contributed by atoms with van der Waals surface area (Å²) in [5.41, 5.74) is -0.0220. The van der Waals surface area contributed by atoms with Gasteiger partial charge in [-0.25, -0.2) is 4.79 Å². The van der Waals surface area contributed by atoms with E-state index in [1.54, 1.807) is 6.92 Å². The second-order valence-electron chi connectivity index (χ2n) is 2.93. The van der Waals surface area contributed by atoms with E-state index in [4.69, 9.17) is 14.2 Å². The maximum atomic E-state index is 11.7. The van der Waals surface area contributed by atoms with Crippen LogP contribution in [0.3, 0.4) is 0 Å². The molecule has 0 aromatic rings. The summed E-state index contributed by atoms with van der Waals surface area (Å²) in [6.45, 7) is 2.75. The maximum absolute atomic E-state index is 11.7. The van der Waals surface area contributed by atoms with Gasteiger partial charge in [0.1, 0.15) is 7.11 Å². The van der Waals surface area contributed by atoms with Crippen molar-refractivity contribution in [1.82, 2.24) is 0 Å². The fourth-order valence-corrected chi connectivity index (χ4v) is 1.87. The van der Waals surface area contributed by atoms with Crippen molar-refractivity contribution in [2.75, 3.05) is 32.3 Å². The molecule has 0 bridgehead atoms. The predicted octanol–water partition coefficient (Wildman–Crippen LogP) is 0.690. The average Bonchev–Trinajstić information content (AvgIpc) is 2.75. The Kier molecular flexibility index (Phi) is 5.17. The van der Waals surface area contributed by atoms with E-state index in [-0.39, 0.29) is 17.6 Å². The molecule has 1 aliphatic rings. The lowest BCUT2D eigenvalue weighted by atomic mass is 10.2. The predicted molar refractivity (Wildman–Crippen MR) is 59.5 cm³/mol. The summed E-state index contributed by atoms with van der Waals surface area (Å²) in [4.78, 5) is 16.3. The molecule has 0 amide bonds. The molecule has 1 fully saturated rings. The summed E-state index contributed by atoms with van der Waals surface area (Å²) >= 11 is 3.23. The molecular weight excluding hydrogens is 282 g/mol. The van der Waals surface area contributed by atoms with Gasteiger partial charge in [-0.1, -0.05) is 21.1 Å². The molecule has 0 atom stereocenters. The molecule has 0 aromatic heterocycles. The number of carbonyl (C=O) groups is 1. The number of hydrogen-bond acceptors (Lipinski definition) is 6. The van der Waals surface area contributed by atoms with Crippen LogP contribution >= 0.6 is 15.9 Å². The van der Waals surface area contributed by atoms with Gasteiger partial charge in [-0.2, -0.15) is 0 Å². The van der Waals surface area contributed by atoms with Crippen molar-refractivity contribution in [3.8, 4) is 0 Å². The van der Waals surface area contributed by atoms with Gasteiger partial charge in [-0.05, 0) is 6.92 Å². The third-order valence-corrected chi connectivity index (χ3v) is 2.68. The molecule has 0 radical (unpaired) electrons. The number of rotatable bonds is 5. The van der Waals surface area contributed by atoms with Crippen LogP contribution < -0.4 is 0 Å². The Bertz CT molecular complexity index is 275. The number of esters is 1. The van der Waals surface area contributed by atoms with Crippen LogP contribution in [0, 0.1) is 0 Å². The third kappa shape index (κ3) is 2.72. The Hall–Kier alpha value is -0.660. The molecule has 0 aromatic carbocycles. The minimum atomic E-state index is -1.21. The number of alkyl halides is 1. The second kappa shape index (κ2) is 6.17. The monoisotopic (exact) mass is 295 g/mol. The Morgan fingerprint density at radius 2 is 2.12 bits per heavy atom. The lowest BCUT2D eigenvalue weighted by Gasteiger charge is -2.24. The van der Waals surface area contributed by atoms with Gasteiger partial charge in [0.05, 0.1) is 25.2 Å². The second-order valence-corrected chi connectivity index (χ2v) is 3.49. The Morgan fingerprint density at radius 1 is 1.50 bits per heavy atom. The van der Waals surface area contributed by atoms with Crippen molar-refractivity contribution < 1.29 is 23.8 Å². The van der Waals surface area contributed by atoms with Crippen molar-refractivity contribution in [3.05, 3.63) is 0 Å². The molecule has 92 valence electrons. The smallest absolute Gasteiger partial charge is 0.361 e. The van der Waals surface area contributed by atoms with E-state index < -0.39 is 11.8 Å². The molecule has 1 saturated heterocycles. The minimum absolute atomic E-state index is 0.0220. The molecule has 1 rings (SSSR count). The van der Waals surface area contributed by atoms with E-state index in [9.17, 15) is 4.79 Å². The maximum Gasteiger partial charge on any atom is 0.361 e. The summed E-state index contributed by atoms with van der Waals surface area (Å²) in [6, 6.07) is 0. The molecule has 0 aliphatic carbocycles. The molecule has 0 unspecified atom stereocenters. The molecule has 0 spiro atoms. The first-order valence-corrected chi connectivity index (χ1v) is 5.95. The van der Waals surface area contributed by atoms with Gasteiger partial charge in [0.2, 0.25) is 11.5 Å². The number of nitrogens with zero attached hydrogens (tertiary/aromatic N) is 1. The van der Waals surface area contributed by atoms with E-state index in [0.29, 0.717) is 13.2 Å². The normalized spacial score (nSPS) is 19.6. The number of oxime groups is 1. The fourth-order valence-electron chi connectivity index (χ4n) is 1.28. The zero-order valence-corrected chi connectivity index (χ0v) is 10.8. The number of halogens is 1. The van der Waals surface area contributed by atoms with Crippen LogP contribution in [-0.2, 0) is 23.8 Å². The SMILES string of the molecule is CCOC(=O)/C(=N\OC)C1(CBr)OCCO1. The number of carbonyl (C=O) groups excluding carboxylic acids is 1. The third-order valence-electron chi connectivity index (χ3n) is 1.94. The average molecular weight is 296 g/mol. The highest BCUT2D eigenvalue weighted by atomic mass is 79.9. The van der Waals surface area contributed by atoms with E-state index in [1.807, 2.05) is 0 Å². The summed E-state index contributed by atoms with van der Waals surface area (Å²) in [5.74, 6) is -1.81. The number of ether oxygens (including phenoxy) is 3. The zero-order chi connectivity index (χ0) is 12.0. The van der Waals surface area contributed by atoms with Crippen LogP contribution in [0.4, 0.5) is 0 Å². The molecule has 1 heterocycles. The van der Waals surface area contributed by atoms with E-state index in [2.05, 4.69) is 25.9 Å². The number of hydrogen-bond donors (Lipinski definition) is 0. The summed E-state index contributed by atoms with van der Waals surface area (Å²) < 4.78 is 15.6. The highest BCUT2D eigenvalue weighted by molar-refractivity contribution is 9.09. The van der Waals surface area contributed by atoms with Crippen LogP contribution in [0.5, 0.6) is 0 Å². The topological polar surface area (TPSA) is 66.4 Å². The van der Waals surface area contributed by atoms with E-state index >= 15 is 0 Å². The standard InChI is InChI=1S/C9H14BrNO5/c1-3-14-8(12)7(11-13-2)9(6-10)15-4-5-16-9/h3-6H2,1-2H3/b11-7+. The molecule has 6 nitrogen and oxygen atoms in total. The molecular formula is C9H14BrNO5. The lowest BCUT2D eigenvalue weighted by molar-refractivity contribution is -0.140. The molecule has 1 aliphatic heterocycles. The van der Waals surface area contributed by atoms with Gasteiger partial charge in [-0.3, -0.25) is 0 Å². The Labute approximate surface area is 102 Å². The molecule has 16 heavy (non-hydrogen) atoms. The van der Waals surface area contributed by atoms with Crippen molar-refractivity contribution in [2.45, 2.75) is 12.7 Å². The highest BCUT2D eigenvalue weighted by Crippen LogP contribution is 2.24. The van der Waals surface area contributed by atoms with Gasteiger partial charge in [-0.15, -0.1) is 0 Å². The van der Waals surface area contributed by atoms with Crippen molar-refractivity contribution in [1.29, 1.82) is 0 Å². The zero-order valence-electron chi connectivity index (χ0n) is 9.19. The summed E-state index contributed by atoms with van der Waals surface area (Å²) in [5, 5.41) is 3.91. The van der Waals surface area contributed by atoms with Gasteiger partial charge in [0.25, 0.3) is 0 Å².